The number of carbonyl (C=O) groups is 1. The molecule has 0 spiro atoms. The van der Waals surface area contributed by atoms with Crippen LogP contribution in [0.2, 0.25) is 0 Å². The summed E-state index contributed by atoms with van der Waals surface area (Å²) in [6, 6.07) is 17.2. The van der Waals surface area contributed by atoms with E-state index in [0.717, 1.165) is 54.5 Å². The highest BCUT2D eigenvalue weighted by Gasteiger charge is 2.28. The number of aliphatic hydroxyl groups is 1. The molecular formula is C28H30N4O5. The van der Waals surface area contributed by atoms with Crippen LogP contribution in [-0.4, -0.2) is 55.5 Å². The van der Waals surface area contributed by atoms with E-state index in [2.05, 4.69) is 27.1 Å². The number of aliphatic carboxylic acids is 1. The molecule has 37 heavy (non-hydrogen) atoms. The molecular weight excluding hydrogens is 472 g/mol. The third kappa shape index (κ3) is 5.47. The molecule has 9 heteroatoms. The molecule has 0 radical (unpaired) electrons. The van der Waals surface area contributed by atoms with E-state index >= 15 is 0 Å². The lowest BCUT2D eigenvalue weighted by atomic mass is 10.0. The molecule has 2 aromatic carbocycles. The smallest absolute Gasteiger partial charge is 0.304 e. The summed E-state index contributed by atoms with van der Waals surface area (Å²) in [6.07, 6.45) is 2.85. The van der Waals surface area contributed by atoms with Crippen LogP contribution in [0.25, 0.3) is 34.3 Å². The second-order valence-electron chi connectivity index (χ2n) is 9.40. The fraction of sp³-hybridized carbons (Fsp3) is 0.357. The molecule has 2 unspecified atom stereocenters. The maximum atomic E-state index is 11.1. The van der Waals surface area contributed by atoms with Gasteiger partial charge in [0.05, 0.1) is 12.5 Å². The van der Waals surface area contributed by atoms with Gasteiger partial charge in [0.1, 0.15) is 0 Å². The zero-order chi connectivity index (χ0) is 25.8. The van der Waals surface area contributed by atoms with Gasteiger partial charge < -0.3 is 19.3 Å². The van der Waals surface area contributed by atoms with Gasteiger partial charge in [0.15, 0.2) is 11.5 Å². The van der Waals surface area contributed by atoms with Crippen LogP contribution >= 0.6 is 0 Å². The summed E-state index contributed by atoms with van der Waals surface area (Å²) in [5.74, 6) is 0.619. The Morgan fingerprint density at radius 3 is 2.59 bits per heavy atom. The first kappa shape index (κ1) is 24.9. The van der Waals surface area contributed by atoms with Gasteiger partial charge in [0, 0.05) is 29.3 Å². The van der Waals surface area contributed by atoms with E-state index in [1.165, 1.54) is 0 Å². The first-order valence-electron chi connectivity index (χ1n) is 12.7. The normalized spacial score (nSPS) is 16.8. The van der Waals surface area contributed by atoms with Crippen LogP contribution in [0.3, 0.4) is 0 Å². The van der Waals surface area contributed by atoms with Crippen molar-refractivity contribution in [3.63, 3.8) is 0 Å². The Labute approximate surface area is 214 Å². The minimum Gasteiger partial charge on any atom is -0.481 e. The quantitative estimate of drug-likeness (QED) is 0.309. The van der Waals surface area contributed by atoms with Crippen molar-refractivity contribution in [2.75, 3.05) is 13.1 Å². The first-order chi connectivity index (χ1) is 18.0. The molecule has 9 nitrogen and oxygen atoms in total. The molecule has 1 aliphatic rings. The van der Waals surface area contributed by atoms with Crippen molar-refractivity contribution in [1.82, 2.24) is 20.2 Å². The molecule has 1 fully saturated rings. The summed E-state index contributed by atoms with van der Waals surface area (Å²) < 4.78 is 11.3. The molecule has 0 saturated carbocycles. The maximum Gasteiger partial charge on any atom is 0.304 e. The standard InChI is InChI=1S/C28H30N4O5/c1-2-7-22-25(30-36-26(22)19-8-4-3-5-9-19)28-29-27(31-37-28)20-13-11-18(12-14-20)23(33)17-32-15-6-10-21(32)16-24(34)35/h3-5,8-9,11-14,21,23,33H,2,6-7,10,15-17H2,1H3,(H,34,35). The van der Waals surface area contributed by atoms with E-state index in [9.17, 15) is 9.90 Å². The fourth-order valence-electron chi connectivity index (χ4n) is 4.96. The van der Waals surface area contributed by atoms with Crippen molar-refractivity contribution in [3.8, 4) is 34.3 Å². The lowest BCUT2D eigenvalue weighted by molar-refractivity contribution is -0.138. The number of aliphatic hydroxyl groups excluding tert-OH is 1. The summed E-state index contributed by atoms with van der Waals surface area (Å²) in [7, 11) is 0. The molecule has 5 rings (SSSR count). The number of nitrogens with zero attached hydrogens (tertiary/aromatic N) is 4. The average molecular weight is 503 g/mol. The fourth-order valence-corrected chi connectivity index (χ4v) is 4.96. The van der Waals surface area contributed by atoms with E-state index < -0.39 is 12.1 Å². The third-order valence-corrected chi connectivity index (χ3v) is 6.82. The maximum absolute atomic E-state index is 11.1. The molecule has 2 aromatic heterocycles. The first-order valence-corrected chi connectivity index (χ1v) is 12.7. The van der Waals surface area contributed by atoms with Gasteiger partial charge in [-0.3, -0.25) is 9.69 Å². The summed E-state index contributed by atoms with van der Waals surface area (Å²) in [5.41, 5.74) is 3.93. The van der Waals surface area contributed by atoms with Crippen molar-refractivity contribution in [1.29, 1.82) is 0 Å². The highest BCUT2D eigenvalue weighted by molar-refractivity contribution is 5.70. The number of carboxylic acids is 1. The Morgan fingerprint density at radius 2 is 1.86 bits per heavy atom. The van der Waals surface area contributed by atoms with Crippen LogP contribution < -0.4 is 0 Å². The Hall–Kier alpha value is -3.82. The monoisotopic (exact) mass is 502 g/mol. The van der Waals surface area contributed by atoms with Gasteiger partial charge in [0.2, 0.25) is 5.82 Å². The molecule has 2 N–H and O–H groups in total. The van der Waals surface area contributed by atoms with Gasteiger partial charge in [0.25, 0.3) is 5.89 Å². The van der Waals surface area contributed by atoms with E-state index in [1.807, 2.05) is 54.6 Å². The van der Waals surface area contributed by atoms with Crippen molar-refractivity contribution in [2.45, 2.75) is 51.2 Å². The lowest BCUT2D eigenvalue weighted by Gasteiger charge is -2.26. The number of aromatic nitrogens is 3. The highest BCUT2D eigenvalue weighted by Crippen LogP contribution is 2.33. The van der Waals surface area contributed by atoms with E-state index in [4.69, 9.17) is 14.2 Å². The lowest BCUT2D eigenvalue weighted by Crippen LogP contribution is -2.34. The summed E-state index contributed by atoms with van der Waals surface area (Å²) in [4.78, 5) is 17.8. The highest BCUT2D eigenvalue weighted by atomic mass is 16.5. The zero-order valence-corrected chi connectivity index (χ0v) is 20.7. The average Bonchev–Trinajstić information content (AvgIpc) is 3.65. The van der Waals surface area contributed by atoms with Gasteiger partial charge >= 0.3 is 5.97 Å². The number of rotatable bonds is 10. The largest absolute Gasteiger partial charge is 0.481 e. The molecule has 192 valence electrons. The molecule has 3 heterocycles. The van der Waals surface area contributed by atoms with Gasteiger partial charge in [-0.05, 0) is 31.4 Å². The number of hydrogen-bond acceptors (Lipinski definition) is 8. The predicted octanol–water partition coefficient (Wildman–Crippen LogP) is 4.98. The zero-order valence-electron chi connectivity index (χ0n) is 20.7. The number of β-amino-alcohol motifs (C(OH)–C–C–N with tert-alkyl or cyclic N) is 1. The minimum absolute atomic E-state index is 0.0271. The van der Waals surface area contributed by atoms with Crippen LogP contribution in [0.15, 0.2) is 63.6 Å². The van der Waals surface area contributed by atoms with Crippen molar-refractivity contribution >= 4 is 5.97 Å². The SMILES string of the molecule is CCCc1c(-c2nc(-c3ccc(C(O)CN4CCCC4CC(=O)O)cc3)no2)noc1-c1ccccc1. The molecule has 1 saturated heterocycles. The number of hydrogen-bond donors (Lipinski definition) is 2. The van der Waals surface area contributed by atoms with Gasteiger partial charge in [-0.1, -0.05) is 78.3 Å². The van der Waals surface area contributed by atoms with Crippen molar-refractivity contribution in [2.24, 2.45) is 0 Å². The Bertz CT molecular complexity index is 1330. The molecule has 4 aromatic rings. The summed E-state index contributed by atoms with van der Waals surface area (Å²) in [6.45, 7) is 3.29. The Kier molecular flexibility index (Phi) is 7.43. The van der Waals surface area contributed by atoms with Crippen molar-refractivity contribution in [3.05, 3.63) is 65.7 Å². The van der Waals surface area contributed by atoms with E-state index in [-0.39, 0.29) is 12.5 Å². The van der Waals surface area contributed by atoms with Crippen LogP contribution in [0.1, 0.15) is 49.8 Å². The van der Waals surface area contributed by atoms with E-state index in [0.29, 0.717) is 29.7 Å². The minimum atomic E-state index is -0.807. The predicted molar refractivity (Wildman–Crippen MR) is 136 cm³/mol. The molecule has 0 bridgehead atoms. The van der Waals surface area contributed by atoms with Crippen LogP contribution in [0, 0.1) is 0 Å². The topological polar surface area (TPSA) is 126 Å². The Morgan fingerprint density at radius 1 is 1.08 bits per heavy atom. The Balaban J connectivity index is 1.31. The molecule has 1 aliphatic heterocycles. The van der Waals surface area contributed by atoms with Crippen LogP contribution in [-0.2, 0) is 11.2 Å². The van der Waals surface area contributed by atoms with Crippen molar-refractivity contribution < 1.29 is 24.1 Å². The number of carboxylic acid groups (broad SMARTS) is 1. The number of benzene rings is 2. The van der Waals surface area contributed by atoms with E-state index in [1.54, 1.807) is 0 Å². The van der Waals surface area contributed by atoms with Gasteiger partial charge in [-0.25, -0.2) is 0 Å². The van der Waals surface area contributed by atoms with Gasteiger partial charge in [-0.2, -0.15) is 4.98 Å². The molecule has 0 amide bonds. The summed E-state index contributed by atoms with van der Waals surface area (Å²) in [5, 5.41) is 28.3. The molecule has 2 atom stereocenters. The third-order valence-electron chi connectivity index (χ3n) is 6.82. The second-order valence-corrected chi connectivity index (χ2v) is 9.40. The summed E-state index contributed by atoms with van der Waals surface area (Å²) >= 11 is 0. The van der Waals surface area contributed by atoms with Crippen LogP contribution in [0.4, 0.5) is 0 Å². The van der Waals surface area contributed by atoms with Crippen LogP contribution in [0.5, 0.6) is 0 Å². The second kappa shape index (κ2) is 11.1. The number of likely N-dealkylation sites (tertiary alicyclic amines) is 1. The molecule has 0 aliphatic carbocycles. The van der Waals surface area contributed by atoms with Gasteiger partial charge in [-0.15, -0.1) is 0 Å².